The van der Waals surface area contributed by atoms with Crippen LogP contribution in [-0.2, 0) is 9.47 Å². The van der Waals surface area contributed by atoms with E-state index in [0.29, 0.717) is 38.6 Å². The van der Waals surface area contributed by atoms with Crippen LogP contribution < -0.4 is 4.74 Å². The summed E-state index contributed by atoms with van der Waals surface area (Å²) in [7, 11) is 0. The number of aromatic hydroxyl groups is 1. The highest BCUT2D eigenvalue weighted by molar-refractivity contribution is 5.65. The molecule has 4 nitrogen and oxygen atoms in total. The van der Waals surface area contributed by atoms with Crippen molar-refractivity contribution in [3.63, 3.8) is 0 Å². The van der Waals surface area contributed by atoms with Crippen molar-refractivity contribution in [3.05, 3.63) is 48.3 Å². The molecule has 0 spiro atoms. The fourth-order valence-electron chi connectivity index (χ4n) is 2.01. The normalized spacial score (nSPS) is 10.7. The van der Waals surface area contributed by atoms with Crippen molar-refractivity contribution >= 4 is 0 Å². The van der Waals surface area contributed by atoms with Gasteiger partial charge in [0, 0.05) is 6.61 Å². The van der Waals surface area contributed by atoms with E-state index >= 15 is 0 Å². The first kappa shape index (κ1) is 17.2. The SMILES string of the molecule is CCOCCOCCOc1ccc(-c2ccc(O)c(F)c2)cc1. The molecule has 0 aromatic heterocycles. The Labute approximate surface area is 135 Å². The molecule has 0 saturated heterocycles. The van der Waals surface area contributed by atoms with Crippen molar-refractivity contribution in [3.8, 4) is 22.6 Å². The Hall–Kier alpha value is -2.11. The molecule has 0 amide bonds. The monoisotopic (exact) mass is 320 g/mol. The van der Waals surface area contributed by atoms with Gasteiger partial charge in [-0.15, -0.1) is 0 Å². The van der Waals surface area contributed by atoms with Crippen molar-refractivity contribution in [1.29, 1.82) is 0 Å². The molecular weight excluding hydrogens is 299 g/mol. The fourth-order valence-corrected chi connectivity index (χ4v) is 2.01. The Morgan fingerprint density at radius 3 is 2.22 bits per heavy atom. The van der Waals surface area contributed by atoms with Crippen LogP contribution in [0.15, 0.2) is 42.5 Å². The minimum atomic E-state index is -0.632. The zero-order chi connectivity index (χ0) is 16.5. The maximum Gasteiger partial charge on any atom is 0.165 e. The Bertz CT molecular complexity index is 598. The van der Waals surface area contributed by atoms with Crippen molar-refractivity contribution in [2.45, 2.75) is 6.92 Å². The number of benzene rings is 2. The molecule has 0 aliphatic carbocycles. The summed E-state index contributed by atoms with van der Waals surface area (Å²) in [6, 6.07) is 11.6. The minimum Gasteiger partial charge on any atom is -0.505 e. The van der Waals surface area contributed by atoms with E-state index < -0.39 is 5.82 Å². The van der Waals surface area contributed by atoms with E-state index in [1.54, 1.807) is 6.07 Å². The van der Waals surface area contributed by atoms with Crippen molar-refractivity contribution in [2.24, 2.45) is 0 Å². The molecule has 0 bridgehead atoms. The van der Waals surface area contributed by atoms with Crippen molar-refractivity contribution in [1.82, 2.24) is 0 Å². The average molecular weight is 320 g/mol. The minimum absolute atomic E-state index is 0.349. The van der Waals surface area contributed by atoms with Gasteiger partial charge in [0.25, 0.3) is 0 Å². The van der Waals surface area contributed by atoms with Crippen LogP contribution in [0, 0.1) is 5.82 Å². The van der Waals surface area contributed by atoms with E-state index in [-0.39, 0.29) is 5.75 Å². The molecule has 0 fully saturated rings. The van der Waals surface area contributed by atoms with Gasteiger partial charge in [-0.05, 0) is 42.3 Å². The van der Waals surface area contributed by atoms with Gasteiger partial charge in [0.15, 0.2) is 11.6 Å². The number of phenolic OH excluding ortho intramolecular Hbond substituents is 1. The Morgan fingerprint density at radius 2 is 1.52 bits per heavy atom. The van der Waals surface area contributed by atoms with E-state index in [4.69, 9.17) is 14.2 Å². The summed E-state index contributed by atoms with van der Waals surface area (Å²) in [5.41, 5.74) is 1.55. The van der Waals surface area contributed by atoms with Gasteiger partial charge in [-0.1, -0.05) is 18.2 Å². The first-order chi connectivity index (χ1) is 11.2. The molecule has 0 aliphatic rings. The standard InChI is InChI=1S/C18H21FO4/c1-2-21-9-10-22-11-12-23-16-6-3-14(4-7-16)15-5-8-18(20)17(19)13-15/h3-8,13,20H,2,9-12H2,1H3. The van der Waals surface area contributed by atoms with Crippen LogP contribution in [0.2, 0.25) is 0 Å². The van der Waals surface area contributed by atoms with Crippen molar-refractivity contribution < 1.29 is 23.7 Å². The number of rotatable bonds is 9. The molecule has 23 heavy (non-hydrogen) atoms. The third-order valence-corrected chi connectivity index (χ3v) is 3.21. The predicted octanol–water partition coefficient (Wildman–Crippen LogP) is 3.63. The fraction of sp³-hybridized carbons (Fsp3) is 0.333. The molecule has 1 N–H and O–H groups in total. The van der Waals surface area contributed by atoms with Crippen LogP contribution in [0.1, 0.15) is 6.92 Å². The van der Waals surface area contributed by atoms with E-state index in [1.165, 1.54) is 12.1 Å². The zero-order valence-electron chi connectivity index (χ0n) is 13.1. The maximum atomic E-state index is 13.4. The highest BCUT2D eigenvalue weighted by atomic mass is 19.1. The molecule has 0 unspecified atom stereocenters. The lowest BCUT2D eigenvalue weighted by molar-refractivity contribution is 0.0405. The van der Waals surface area contributed by atoms with E-state index in [9.17, 15) is 9.50 Å². The topological polar surface area (TPSA) is 47.9 Å². The molecule has 0 atom stereocenters. The Kier molecular flexibility index (Phi) is 6.84. The summed E-state index contributed by atoms with van der Waals surface area (Å²) >= 11 is 0. The second-order valence-electron chi connectivity index (χ2n) is 4.85. The zero-order valence-corrected chi connectivity index (χ0v) is 13.1. The summed E-state index contributed by atoms with van der Waals surface area (Å²) in [4.78, 5) is 0. The molecule has 0 heterocycles. The van der Waals surface area contributed by atoms with Crippen LogP contribution in [0.25, 0.3) is 11.1 Å². The molecule has 2 rings (SSSR count). The third-order valence-electron chi connectivity index (χ3n) is 3.21. The number of hydrogen-bond donors (Lipinski definition) is 1. The van der Waals surface area contributed by atoms with Gasteiger partial charge in [0.1, 0.15) is 12.4 Å². The van der Waals surface area contributed by atoms with E-state index in [1.807, 2.05) is 31.2 Å². The predicted molar refractivity (Wildman–Crippen MR) is 86.3 cm³/mol. The van der Waals surface area contributed by atoms with Crippen LogP contribution in [0.3, 0.4) is 0 Å². The molecule has 5 heteroatoms. The molecule has 0 aliphatic heterocycles. The van der Waals surface area contributed by atoms with Gasteiger partial charge in [0.2, 0.25) is 0 Å². The maximum absolute atomic E-state index is 13.4. The first-order valence-electron chi connectivity index (χ1n) is 7.58. The largest absolute Gasteiger partial charge is 0.505 e. The quantitative estimate of drug-likeness (QED) is 0.717. The smallest absolute Gasteiger partial charge is 0.165 e. The van der Waals surface area contributed by atoms with Gasteiger partial charge in [-0.2, -0.15) is 0 Å². The summed E-state index contributed by atoms with van der Waals surface area (Å²) in [6.45, 7) is 4.74. The average Bonchev–Trinajstić information content (AvgIpc) is 2.57. The van der Waals surface area contributed by atoms with E-state index in [0.717, 1.165) is 11.3 Å². The van der Waals surface area contributed by atoms with Crippen molar-refractivity contribution in [2.75, 3.05) is 33.0 Å². The van der Waals surface area contributed by atoms with Crippen LogP contribution in [0.5, 0.6) is 11.5 Å². The molecule has 124 valence electrons. The second kappa shape index (κ2) is 9.12. The number of ether oxygens (including phenoxy) is 3. The van der Waals surface area contributed by atoms with Gasteiger partial charge >= 0.3 is 0 Å². The molecular formula is C18H21FO4. The highest BCUT2D eigenvalue weighted by Gasteiger charge is 2.04. The van der Waals surface area contributed by atoms with Crippen LogP contribution in [-0.4, -0.2) is 38.1 Å². The number of hydrogen-bond acceptors (Lipinski definition) is 4. The van der Waals surface area contributed by atoms with Gasteiger partial charge in [-0.25, -0.2) is 4.39 Å². The van der Waals surface area contributed by atoms with Gasteiger partial charge < -0.3 is 19.3 Å². The molecule has 2 aromatic carbocycles. The summed E-state index contributed by atoms with van der Waals surface area (Å²) < 4.78 is 29.5. The highest BCUT2D eigenvalue weighted by Crippen LogP contribution is 2.26. The Morgan fingerprint density at radius 1 is 0.870 bits per heavy atom. The lowest BCUT2D eigenvalue weighted by atomic mass is 10.1. The van der Waals surface area contributed by atoms with Crippen LogP contribution >= 0.6 is 0 Å². The lowest BCUT2D eigenvalue weighted by Gasteiger charge is -2.08. The number of halogens is 1. The first-order valence-corrected chi connectivity index (χ1v) is 7.58. The number of phenols is 1. The molecule has 0 radical (unpaired) electrons. The lowest BCUT2D eigenvalue weighted by Crippen LogP contribution is -2.10. The van der Waals surface area contributed by atoms with Gasteiger partial charge in [-0.3, -0.25) is 0 Å². The van der Waals surface area contributed by atoms with Crippen LogP contribution in [0.4, 0.5) is 4.39 Å². The third kappa shape index (κ3) is 5.54. The molecule has 0 saturated carbocycles. The Balaban J connectivity index is 1.79. The summed E-state index contributed by atoms with van der Waals surface area (Å²) in [5.74, 6) is -0.258. The van der Waals surface area contributed by atoms with E-state index in [2.05, 4.69) is 0 Å². The van der Waals surface area contributed by atoms with Gasteiger partial charge in [0.05, 0.1) is 19.8 Å². The molecule has 2 aromatic rings. The summed E-state index contributed by atoms with van der Waals surface area (Å²) in [6.07, 6.45) is 0. The second-order valence-corrected chi connectivity index (χ2v) is 4.85. The summed E-state index contributed by atoms with van der Waals surface area (Å²) in [5, 5.41) is 9.21.